The quantitative estimate of drug-likeness (QED) is 0.478. The molecule has 0 spiro atoms. The third-order valence-corrected chi connectivity index (χ3v) is 3.80. The summed E-state index contributed by atoms with van der Waals surface area (Å²) in [5.41, 5.74) is 0. The van der Waals surface area contributed by atoms with Crippen molar-refractivity contribution in [2.75, 3.05) is 26.3 Å². The van der Waals surface area contributed by atoms with Crippen molar-refractivity contribution < 1.29 is 10.2 Å². The van der Waals surface area contributed by atoms with Crippen molar-refractivity contribution in [1.29, 1.82) is 0 Å². The maximum atomic E-state index is 9.56. The van der Waals surface area contributed by atoms with Gasteiger partial charge in [-0.3, -0.25) is 4.90 Å². The minimum absolute atomic E-state index is 0.194. The molecule has 0 bridgehead atoms. The Morgan fingerprint density at radius 2 is 1.42 bits per heavy atom. The molecule has 0 saturated carbocycles. The first kappa shape index (κ1) is 18.9. The Kier molecular flexibility index (Phi) is 14.2. The van der Waals surface area contributed by atoms with Gasteiger partial charge in [0.25, 0.3) is 0 Å². The third kappa shape index (κ3) is 10.3. The van der Waals surface area contributed by atoms with Crippen LogP contribution in [0, 0.1) is 0 Å². The summed E-state index contributed by atoms with van der Waals surface area (Å²) in [5, 5.41) is 18.7. The smallest absolute Gasteiger partial charge is 0.0586 e. The maximum absolute atomic E-state index is 9.56. The zero-order valence-electron chi connectivity index (χ0n) is 13.1. The first-order valence-corrected chi connectivity index (χ1v) is 8.25. The van der Waals surface area contributed by atoms with Crippen molar-refractivity contribution in [3.05, 3.63) is 0 Å². The van der Waals surface area contributed by atoms with E-state index in [0.717, 1.165) is 13.0 Å². The van der Waals surface area contributed by atoms with Gasteiger partial charge in [0, 0.05) is 12.6 Å². The van der Waals surface area contributed by atoms with E-state index < -0.39 is 0 Å². The number of rotatable bonds is 14. The van der Waals surface area contributed by atoms with Crippen molar-refractivity contribution in [3.8, 4) is 0 Å². The summed E-state index contributed by atoms with van der Waals surface area (Å²) in [6.07, 6.45) is 11.0. The Hall–Kier alpha value is -0.120. The Bertz CT molecular complexity index is 176. The molecule has 0 heterocycles. The molecule has 0 aliphatic heterocycles. The van der Waals surface area contributed by atoms with Gasteiger partial charge in [-0.2, -0.15) is 0 Å². The molecule has 0 amide bonds. The second-order valence-corrected chi connectivity index (χ2v) is 5.51. The van der Waals surface area contributed by atoms with Crippen LogP contribution in [0.3, 0.4) is 0 Å². The van der Waals surface area contributed by atoms with Crippen LogP contribution in [0.2, 0.25) is 0 Å². The average molecular weight is 273 g/mol. The molecule has 0 aromatic carbocycles. The molecule has 0 fully saturated rings. The molecule has 0 rings (SSSR count). The van der Waals surface area contributed by atoms with E-state index in [0.29, 0.717) is 6.54 Å². The van der Waals surface area contributed by atoms with Crippen LogP contribution in [0.25, 0.3) is 0 Å². The Morgan fingerprint density at radius 3 is 1.95 bits per heavy atom. The lowest BCUT2D eigenvalue weighted by atomic mass is 10.1. The van der Waals surface area contributed by atoms with E-state index in [1.54, 1.807) is 0 Å². The van der Waals surface area contributed by atoms with E-state index in [9.17, 15) is 10.2 Å². The number of unbranched alkanes of at least 4 members (excludes halogenated alkanes) is 6. The van der Waals surface area contributed by atoms with E-state index in [1.165, 1.54) is 51.4 Å². The second-order valence-electron chi connectivity index (χ2n) is 5.51. The van der Waals surface area contributed by atoms with Crippen molar-refractivity contribution in [3.63, 3.8) is 0 Å². The Morgan fingerprint density at radius 1 is 0.789 bits per heavy atom. The molecule has 0 aliphatic carbocycles. The average Bonchev–Trinajstić information content (AvgIpc) is 2.43. The van der Waals surface area contributed by atoms with E-state index in [2.05, 4.69) is 18.7 Å². The van der Waals surface area contributed by atoms with E-state index in [4.69, 9.17) is 0 Å². The van der Waals surface area contributed by atoms with Crippen molar-refractivity contribution in [1.82, 2.24) is 4.90 Å². The summed E-state index contributed by atoms with van der Waals surface area (Å²) in [6, 6.07) is 0.241. The van der Waals surface area contributed by atoms with Gasteiger partial charge in [-0.1, -0.05) is 58.8 Å². The zero-order valence-corrected chi connectivity index (χ0v) is 13.1. The highest BCUT2D eigenvalue weighted by Gasteiger charge is 2.16. The summed E-state index contributed by atoms with van der Waals surface area (Å²) in [6.45, 7) is 6.56. The lowest BCUT2D eigenvalue weighted by molar-refractivity contribution is 0.0926. The largest absolute Gasteiger partial charge is 0.395 e. The van der Waals surface area contributed by atoms with Gasteiger partial charge in [0.15, 0.2) is 0 Å². The molecular formula is C16H35NO2. The SMILES string of the molecule is CCCCCCC(CO)N(CCO)CCCCCC. The molecule has 19 heavy (non-hydrogen) atoms. The second kappa shape index (κ2) is 14.3. The molecule has 2 N–H and O–H groups in total. The first-order chi connectivity index (χ1) is 9.29. The van der Waals surface area contributed by atoms with Gasteiger partial charge >= 0.3 is 0 Å². The Balaban J connectivity index is 3.97. The van der Waals surface area contributed by atoms with Gasteiger partial charge in [0.05, 0.1) is 13.2 Å². The number of hydrogen-bond donors (Lipinski definition) is 2. The highest BCUT2D eigenvalue weighted by atomic mass is 16.3. The van der Waals surface area contributed by atoms with Gasteiger partial charge in [-0.15, -0.1) is 0 Å². The number of aliphatic hydroxyl groups is 2. The fraction of sp³-hybridized carbons (Fsp3) is 1.00. The van der Waals surface area contributed by atoms with Gasteiger partial charge < -0.3 is 10.2 Å². The van der Waals surface area contributed by atoms with Crippen LogP contribution in [-0.4, -0.2) is 47.5 Å². The van der Waals surface area contributed by atoms with Crippen LogP contribution in [0.15, 0.2) is 0 Å². The van der Waals surface area contributed by atoms with Crippen LogP contribution in [0.5, 0.6) is 0 Å². The predicted molar refractivity (Wildman–Crippen MR) is 82.4 cm³/mol. The minimum Gasteiger partial charge on any atom is -0.395 e. The van der Waals surface area contributed by atoms with Crippen LogP contribution in [0.4, 0.5) is 0 Å². The molecule has 0 radical (unpaired) electrons. The van der Waals surface area contributed by atoms with Crippen LogP contribution in [-0.2, 0) is 0 Å². The highest BCUT2D eigenvalue weighted by Crippen LogP contribution is 2.12. The summed E-state index contributed by atoms with van der Waals surface area (Å²) in [4.78, 5) is 2.28. The normalized spacial score (nSPS) is 13.1. The van der Waals surface area contributed by atoms with Crippen molar-refractivity contribution in [2.24, 2.45) is 0 Å². The van der Waals surface area contributed by atoms with Crippen LogP contribution in [0.1, 0.15) is 71.6 Å². The van der Waals surface area contributed by atoms with Crippen LogP contribution < -0.4 is 0 Å². The molecule has 1 unspecified atom stereocenters. The zero-order chi connectivity index (χ0) is 14.3. The molecule has 3 nitrogen and oxygen atoms in total. The summed E-state index contributed by atoms with van der Waals surface area (Å²) in [5.74, 6) is 0. The van der Waals surface area contributed by atoms with Gasteiger partial charge in [-0.25, -0.2) is 0 Å². The van der Waals surface area contributed by atoms with Crippen molar-refractivity contribution >= 4 is 0 Å². The van der Waals surface area contributed by atoms with E-state index in [-0.39, 0.29) is 19.3 Å². The predicted octanol–water partition coefficient (Wildman–Crippen LogP) is 3.19. The maximum Gasteiger partial charge on any atom is 0.0586 e. The minimum atomic E-state index is 0.194. The molecule has 1 atom stereocenters. The molecule has 0 aromatic rings. The highest BCUT2D eigenvalue weighted by molar-refractivity contribution is 4.71. The topological polar surface area (TPSA) is 43.7 Å². The summed E-state index contributed by atoms with van der Waals surface area (Å²) < 4.78 is 0. The number of nitrogens with zero attached hydrogens (tertiary/aromatic N) is 1. The van der Waals surface area contributed by atoms with E-state index in [1.807, 2.05) is 0 Å². The van der Waals surface area contributed by atoms with Gasteiger partial charge in [0.2, 0.25) is 0 Å². The fourth-order valence-corrected chi connectivity index (χ4v) is 2.54. The fourth-order valence-electron chi connectivity index (χ4n) is 2.54. The molecule has 0 aliphatic rings. The Labute approximate surface area is 120 Å². The van der Waals surface area contributed by atoms with Gasteiger partial charge in [0.1, 0.15) is 0 Å². The van der Waals surface area contributed by atoms with Gasteiger partial charge in [-0.05, 0) is 19.4 Å². The molecule has 0 saturated heterocycles. The molecule has 116 valence electrons. The molecule has 0 aromatic heterocycles. The van der Waals surface area contributed by atoms with Crippen molar-refractivity contribution in [2.45, 2.75) is 77.7 Å². The molecule has 3 heteroatoms. The third-order valence-electron chi connectivity index (χ3n) is 3.80. The number of aliphatic hydroxyl groups excluding tert-OH is 2. The standard InChI is InChI=1S/C16H35NO2/c1-3-5-7-9-11-16(15-19)17(13-14-18)12-10-8-6-4-2/h16,18-19H,3-15H2,1-2H3. The summed E-state index contributed by atoms with van der Waals surface area (Å²) >= 11 is 0. The van der Waals surface area contributed by atoms with E-state index >= 15 is 0 Å². The first-order valence-electron chi connectivity index (χ1n) is 8.25. The summed E-state index contributed by atoms with van der Waals surface area (Å²) in [7, 11) is 0. The van der Waals surface area contributed by atoms with Crippen LogP contribution >= 0.6 is 0 Å². The number of hydrogen-bond acceptors (Lipinski definition) is 3. The lowest BCUT2D eigenvalue weighted by Crippen LogP contribution is -2.40. The lowest BCUT2D eigenvalue weighted by Gasteiger charge is -2.30. The molecular weight excluding hydrogens is 238 g/mol. The monoisotopic (exact) mass is 273 g/mol.